The molecule has 0 bridgehead atoms. The lowest BCUT2D eigenvalue weighted by atomic mass is 9.97. The van der Waals surface area contributed by atoms with Crippen LogP contribution in [0.4, 0.5) is 11.4 Å². The summed E-state index contributed by atoms with van der Waals surface area (Å²) in [6.07, 6.45) is 5.02. The van der Waals surface area contributed by atoms with Gasteiger partial charge in [-0.15, -0.1) is 0 Å². The van der Waals surface area contributed by atoms with E-state index in [0.29, 0.717) is 25.3 Å². The van der Waals surface area contributed by atoms with Crippen LogP contribution in [-0.2, 0) is 16.6 Å². The first-order valence-corrected chi connectivity index (χ1v) is 9.68. The second-order valence-electron chi connectivity index (χ2n) is 6.19. The molecule has 2 heterocycles. The van der Waals surface area contributed by atoms with E-state index in [4.69, 9.17) is 0 Å². The minimum Gasteiger partial charge on any atom is -0.366 e. The van der Waals surface area contributed by atoms with Gasteiger partial charge in [-0.05, 0) is 37.9 Å². The van der Waals surface area contributed by atoms with E-state index in [2.05, 4.69) is 14.8 Å². The van der Waals surface area contributed by atoms with E-state index in [1.54, 1.807) is 11.0 Å². The van der Waals surface area contributed by atoms with Crippen LogP contribution in [0, 0.1) is 16.0 Å². The molecule has 10 nitrogen and oxygen atoms in total. The molecule has 1 aromatic heterocycles. The molecule has 1 N–H and O–H groups in total. The van der Waals surface area contributed by atoms with Gasteiger partial charge in [0, 0.05) is 25.7 Å². The summed E-state index contributed by atoms with van der Waals surface area (Å²) in [7, 11) is -2.47. The van der Waals surface area contributed by atoms with Crippen LogP contribution in [0.2, 0.25) is 0 Å². The number of nitrogens with zero attached hydrogens (tertiary/aromatic N) is 5. The SMILES string of the molecule is CNS(=O)(=O)c1ccc(N2CCCC(Cn3cncn3)C2)c([N+](=O)[O-])c1. The number of piperidine rings is 1. The maximum atomic E-state index is 11.9. The zero-order valence-corrected chi connectivity index (χ0v) is 15.1. The van der Waals surface area contributed by atoms with Gasteiger partial charge in [-0.1, -0.05) is 0 Å². The van der Waals surface area contributed by atoms with Crippen molar-refractivity contribution < 1.29 is 13.3 Å². The van der Waals surface area contributed by atoms with E-state index in [-0.39, 0.29) is 16.5 Å². The van der Waals surface area contributed by atoms with Crippen LogP contribution in [0.1, 0.15) is 12.8 Å². The summed E-state index contributed by atoms with van der Waals surface area (Å²) < 4.78 is 27.8. The number of hydrogen-bond acceptors (Lipinski definition) is 7. The summed E-state index contributed by atoms with van der Waals surface area (Å²) in [6.45, 7) is 2.02. The molecular formula is C15H20N6O4S. The van der Waals surface area contributed by atoms with Crippen molar-refractivity contribution in [3.63, 3.8) is 0 Å². The molecule has 0 amide bonds. The number of benzene rings is 1. The Morgan fingerprint density at radius 3 is 2.88 bits per heavy atom. The molecule has 1 fully saturated rings. The van der Waals surface area contributed by atoms with E-state index in [9.17, 15) is 18.5 Å². The number of sulfonamides is 1. The first-order valence-electron chi connectivity index (χ1n) is 8.20. The number of nitrogens with one attached hydrogen (secondary N) is 1. The maximum Gasteiger partial charge on any atom is 0.293 e. The van der Waals surface area contributed by atoms with Crippen LogP contribution in [0.25, 0.3) is 0 Å². The summed E-state index contributed by atoms with van der Waals surface area (Å²) >= 11 is 0. The lowest BCUT2D eigenvalue weighted by Crippen LogP contribution is -2.37. The smallest absolute Gasteiger partial charge is 0.293 e. The zero-order chi connectivity index (χ0) is 18.7. The molecule has 1 aromatic carbocycles. The van der Waals surface area contributed by atoms with E-state index in [0.717, 1.165) is 18.9 Å². The molecule has 140 valence electrons. The molecular weight excluding hydrogens is 360 g/mol. The molecule has 26 heavy (non-hydrogen) atoms. The molecule has 11 heteroatoms. The van der Waals surface area contributed by atoms with Crippen LogP contribution in [0.5, 0.6) is 0 Å². The third-order valence-corrected chi connectivity index (χ3v) is 5.91. The van der Waals surface area contributed by atoms with Gasteiger partial charge in [0.05, 0.1) is 9.82 Å². The van der Waals surface area contributed by atoms with E-state index in [1.165, 1.54) is 25.5 Å². The summed E-state index contributed by atoms with van der Waals surface area (Å²) in [4.78, 5) is 16.7. The summed E-state index contributed by atoms with van der Waals surface area (Å²) in [5.74, 6) is 0.283. The molecule has 3 rings (SSSR count). The molecule has 1 aliphatic rings. The molecule has 1 atom stereocenters. The predicted octanol–water partition coefficient (Wildman–Crippen LogP) is 1.01. The highest BCUT2D eigenvalue weighted by molar-refractivity contribution is 7.89. The summed E-state index contributed by atoms with van der Waals surface area (Å²) in [5, 5.41) is 15.6. The standard InChI is InChI=1S/C15H20N6O4S/c1-16-26(24,25)13-4-5-14(15(7-13)21(22)23)19-6-2-3-12(8-19)9-20-11-17-10-18-20/h4-5,7,10-12,16H,2-3,6,8-9H2,1H3. The highest BCUT2D eigenvalue weighted by atomic mass is 32.2. The number of nitro benzene ring substituents is 1. The van der Waals surface area contributed by atoms with Crippen LogP contribution in [0.15, 0.2) is 35.7 Å². The molecule has 1 unspecified atom stereocenters. The molecule has 0 spiro atoms. The van der Waals surface area contributed by atoms with Crippen molar-refractivity contribution in [1.82, 2.24) is 19.5 Å². The summed E-state index contributed by atoms with van der Waals surface area (Å²) in [6, 6.07) is 4.03. The Kier molecular flexibility index (Phi) is 5.18. The molecule has 2 aromatic rings. The van der Waals surface area contributed by atoms with Crippen molar-refractivity contribution in [1.29, 1.82) is 0 Å². The van der Waals surface area contributed by atoms with Crippen LogP contribution in [-0.4, -0.2) is 48.2 Å². The van der Waals surface area contributed by atoms with Gasteiger partial charge < -0.3 is 4.90 Å². The average Bonchev–Trinajstić information content (AvgIpc) is 3.14. The Morgan fingerprint density at radius 2 is 2.23 bits per heavy atom. The Balaban J connectivity index is 1.86. The van der Waals surface area contributed by atoms with Crippen molar-refractivity contribution in [3.05, 3.63) is 41.0 Å². The van der Waals surface area contributed by atoms with Gasteiger partial charge >= 0.3 is 0 Å². The van der Waals surface area contributed by atoms with Crippen molar-refractivity contribution in [2.75, 3.05) is 25.0 Å². The monoisotopic (exact) mass is 380 g/mol. The third kappa shape index (κ3) is 3.83. The highest BCUT2D eigenvalue weighted by Crippen LogP contribution is 2.33. The normalized spacial score (nSPS) is 18.0. The fourth-order valence-corrected chi connectivity index (χ4v) is 3.98. The number of hydrogen-bond donors (Lipinski definition) is 1. The fourth-order valence-electron chi connectivity index (χ4n) is 3.23. The topological polar surface area (TPSA) is 123 Å². The van der Waals surface area contributed by atoms with Gasteiger partial charge in [-0.3, -0.25) is 14.8 Å². The first kappa shape index (κ1) is 18.3. The second kappa shape index (κ2) is 7.38. The van der Waals surface area contributed by atoms with Gasteiger partial charge in [0.25, 0.3) is 5.69 Å². The van der Waals surface area contributed by atoms with Gasteiger partial charge in [0.2, 0.25) is 10.0 Å². The summed E-state index contributed by atoms with van der Waals surface area (Å²) in [5.41, 5.74) is 0.232. The van der Waals surface area contributed by atoms with E-state index >= 15 is 0 Å². The van der Waals surface area contributed by atoms with Crippen molar-refractivity contribution in [2.45, 2.75) is 24.3 Å². The van der Waals surface area contributed by atoms with Gasteiger partial charge in [0.15, 0.2) is 0 Å². The third-order valence-electron chi connectivity index (χ3n) is 4.49. The van der Waals surface area contributed by atoms with Gasteiger partial charge in [-0.25, -0.2) is 18.1 Å². The minimum absolute atomic E-state index is 0.119. The number of aromatic nitrogens is 3. The van der Waals surface area contributed by atoms with E-state index < -0.39 is 14.9 Å². The van der Waals surface area contributed by atoms with Crippen LogP contribution < -0.4 is 9.62 Å². The van der Waals surface area contributed by atoms with Crippen molar-refractivity contribution in [3.8, 4) is 0 Å². The van der Waals surface area contributed by atoms with Crippen LogP contribution >= 0.6 is 0 Å². The zero-order valence-electron chi connectivity index (χ0n) is 14.3. The number of nitro groups is 1. The minimum atomic E-state index is -3.74. The first-order chi connectivity index (χ1) is 12.4. The van der Waals surface area contributed by atoms with E-state index in [1.807, 2.05) is 4.90 Å². The van der Waals surface area contributed by atoms with Crippen molar-refractivity contribution in [2.24, 2.45) is 5.92 Å². The number of rotatable bonds is 6. The Morgan fingerprint density at radius 1 is 1.42 bits per heavy atom. The van der Waals surface area contributed by atoms with Gasteiger partial charge in [0.1, 0.15) is 18.3 Å². The quantitative estimate of drug-likeness (QED) is 0.586. The Bertz CT molecular complexity index is 884. The largest absolute Gasteiger partial charge is 0.366 e. The molecule has 0 saturated carbocycles. The lowest BCUT2D eigenvalue weighted by molar-refractivity contribution is -0.384. The predicted molar refractivity (Wildman–Crippen MR) is 94.3 cm³/mol. The molecule has 1 aliphatic heterocycles. The number of anilines is 1. The van der Waals surface area contributed by atoms with Gasteiger partial charge in [-0.2, -0.15) is 5.10 Å². The second-order valence-corrected chi connectivity index (χ2v) is 8.07. The molecule has 1 saturated heterocycles. The maximum absolute atomic E-state index is 11.9. The Hall–Kier alpha value is -2.53. The molecule has 0 aliphatic carbocycles. The van der Waals surface area contributed by atoms with Crippen LogP contribution in [0.3, 0.4) is 0 Å². The molecule has 0 radical (unpaired) electrons. The van der Waals surface area contributed by atoms with Crippen molar-refractivity contribution >= 4 is 21.4 Å². The highest BCUT2D eigenvalue weighted by Gasteiger charge is 2.27. The average molecular weight is 380 g/mol. The fraction of sp³-hybridized carbons (Fsp3) is 0.467. The lowest BCUT2D eigenvalue weighted by Gasteiger charge is -2.34. The Labute approximate surface area is 151 Å².